The third-order valence-electron chi connectivity index (χ3n) is 4.17. The molecular weight excluding hydrogens is 292 g/mol. The first-order valence-corrected chi connectivity index (χ1v) is 8.15. The molecule has 1 aromatic carbocycles. The standard InChI is InChI=1S/C18H26N2O3/c1-13(2)9-10-18(4)16(21)20(17(22)19-18)11-12-23-15-7-5-14(3)6-8-15/h5-8,13H,9-12H2,1-4H3,(H,19,22)/t18-/m0/s1. The molecule has 0 aromatic heterocycles. The number of rotatable bonds is 7. The molecule has 3 amide bonds. The largest absolute Gasteiger partial charge is 0.492 e. The highest BCUT2D eigenvalue weighted by Gasteiger charge is 2.47. The first-order valence-electron chi connectivity index (χ1n) is 8.15. The third kappa shape index (κ3) is 4.24. The van der Waals surface area contributed by atoms with Gasteiger partial charge < -0.3 is 10.1 Å². The Morgan fingerprint density at radius 3 is 2.48 bits per heavy atom. The maximum atomic E-state index is 12.5. The summed E-state index contributed by atoms with van der Waals surface area (Å²) in [6, 6.07) is 7.37. The maximum absolute atomic E-state index is 12.5. The summed E-state index contributed by atoms with van der Waals surface area (Å²) in [5.41, 5.74) is 0.373. The van der Waals surface area contributed by atoms with E-state index in [-0.39, 0.29) is 18.5 Å². The van der Waals surface area contributed by atoms with E-state index in [2.05, 4.69) is 19.2 Å². The average Bonchev–Trinajstić information content (AvgIpc) is 2.71. The highest BCUT2D eigenvalue weighted by atomic mass is 16.5. The first-order chi connectivity index (χ1) is 10.8. The van der Waals surface area contributed by atoms with Crippen LogP contribution in [-0.4, -0.2) is 35.5 Å². The molecule has 1 aromatic rings. The zero-order valence-electron chi connectivity index (χ0n) is 14.4. The van der Waals surface area contributed by atoms with Crippen LogP contribution in [-0.2, 0) is 4.79 Å². The Kier molecular flexibility index (Phi) is 5.29. The van der Waals surface area contributed by atoms with Crippen LogP contribution < -0.4 is 10.1 Å². The highest BCUT2D eigenvalue weighted by molar-refractivity contribution is 6.06. The molecule has 5 heteroatoms. The minimum Gasteiger partial charge on any atom is -0.492 e. The number of hydrogen-bond acceptors (Lipinski definition) is 3. The fourth-order valence-electron chi connectivity index (χ4n) is 2.59. The van der Waals surface area contributed by atoms with Crippen molar-refractivity contribution in [2.24, 2.45) is 5.92 Å². The zero-order valence-corrected chi connectivity index (χ0v) is 14.4. The van der Waals surface area contributed by atoms with Crippen LogP contribution in [0.5, 0.6) is 5.75 Å². The second kappa shape index (κ2) is 7.02. The van der Waals surface area contributed by atoms with Crippen molar-refractivity contribution in [3.63, 3.8) is 0 Å². The van der Waals surface area contributed by atoms with E-state index < -0.39 is 5.54 Å². The molecule has 1 N–H and O–H groups in total. The molecule has 1 aliphatic rings. The molecular formula is C18H26N2O3. The number of carbonyl (C=O) groups is 2. The maximum Gasteiger partial charge on any atom is 0.325 e. The number of amides is 3. The van der Waals surface area contributed by atoms with E-state index in [9.17, 15) is 9.59 Å². The van der Waals surface area contributed by atoms with Gasteiger partial charge in [-0.1, -0.05) is 31.5 Å². The Labute approximate surface area is 138 Å². The van der Waals surface area contributed by atoms with Crippen molar-refractivity contribution in [1.29, 1.82) is 0 Å². The molecule has 1 atom stereocenters. The number of aryl methyl sites for hydroxylation is 1. The summed E-state index contributed by atoms with van der Waals surface area (Å²) in [6.45, 7) is 8.58. The molecule has 126 valence electrons. The Hall–Kier alpha value is -2.04. The fraction of sp³-hybridized carbons (Fsp3) is 0.556. The van der Waals surface area contributed by atoms with Crippen LogP contribution >= 0.6 is 0 Å². The molecule has 1 saturated heterocycles. The second-order valence-electron chi connectivity index (χ2n) is 6.81. The molecule has 0 bridgehead atoms. The summed E-state index contributed by atoms with van der Waals surface area (Å²) in [7, 11) is 0. The quantitative estimate of drug-likeness (QED) is 0.786. The number of urea groups is 1. The lowest BCUT2D eigenvalue weighted by molar-refractivity contribution is -0.131. The monoisotopic (exact) mass is 318 g/mol. The Balaban J connectivity index is 1.88. The molecule has 23 heavy (non-hydrogen) atoms. The Bertz CT molecular complexity index is 568. The summed E-state index contributed by atoms with van der Waals surface area (Å²) in [5.74, 6) is 1.08. The first kappa shape index (κ1) is 17.3. The van der Waals surface area contributed by atoms with Gasteiger partial charge in [0.15, 0.2) is 0 Å². The number of imide groups is 1. The van der Waals surface area contributed by atoms with Crippen LogP contribution in [0.4, 0.5) is 4.79 Å². The van der Waals surface area contributed by atoms with E-state index in [1.54, 1.807) is 6.92 Å². The summed E-state index contributed by atoms with van der Waals surface area (Å²) in [5, 5.41) is 2.82. The van der Waals surface area contributed by atoms with Gasteiger partial charge >= 0.3 is 6.03 Å². The smallest absolute Gasteiger partial charge is 0.325 e. The lowest BCUT2D eigenvalue weighted by atomic mass is 9.92. The van der Waals surface area contributed by atoms with Crippen molar-refractivity contribution in [1.82, 2.24) is 10.2 Å². The molecule has 0 saturated carbocycles. The summed E-state index contributed by atoms with van der Waals surface area (Å²) in [6.07, 6.45) is 1.56. The normalized spacial score (nSPS) is 21.0. The van der Waals surface area contributed by atoms with Crippen LogP contribution in [0.3, 0.4) is 0 Å². The van der Waals surface area contributed by atoms with Gasteiger partial charge in [-0.05, 0) is 44.7 Å². The predicted molar refractivity (Wildman–Crippen MR) is 89.4 cm³/mol. The summed E-state index contributed by atoms with van der Waals surface area (Å²) in [4.78, 5) is 25.9. The average molecular weight is 318 g/mol. The van der Waals surface area contributed by atoms with Crippen LogP contribution in [0.15, 0.2) is 24.3 Å². The van der Waals surface area contributed by atoms with Crippen molar-refractivity contribution < 1.29 is 14.3 Å². The number of ether oxygens (including phenoxy) is 1. The van der Waals surface area contributed by atoms with E-state index in [0.29, 0.717) is 18.9 Å². The van der Waals surface area contributed by atoms with Crippen LogP contribution in [0.25, 0.3) is 0 Å². The third-order valence-corrected chi connectivity index (χ3v) is 4.17. The predicted octanol–water partition coefficient (Wildman–Crippen LogP) is 3.12. The minimum atomic E-state index is -0.786. The Morgan fingerprint density at radius 2 is 1.87 bits per heavy atom. The molecule has 2 rings (SSSR count). The number of carbonyl (C=O) groups excluding carboxylic acids is 2. The van der Waals surface area contributed by atoms with Gasteiger partial charge in [-0.3, -0.25) is 9.69 Å². The number of nitrogens with zero attached hydrogens (tertiary/aromatic N) is 1. The van der Waals surface area contributed by atoms with Gasteiger partial charge in [0.1, 0.15) is 17.9 Å². The molecule has 1 heterocycles. The van der Waals surface area contributed by atoms with E-state index >= 15 is 0 Å². The van der Waals surface area contributed by atoms with Gasteiger partial charge in [0.2, 0.25) is 0 Å². The van der Waals surface area contributed by atoms with Crippen molar-refractivity contribution in [2.75, 3.05) is 13.2 Å². The molecule has 0 radical (unpaired) electrons. The van der Waals surface area contributed by atoms with Crippen molar-refractivity contribution in [3.05, 3.63) is 29.8 Å². The van der Waals surface area contributed by atoms with Gasteiger partial charge in [-0.25, -0.2) is 4.79 Å². The van der Waals surface area contributed by atoms with Crippen molar-refractivity contribution in [2.45, 2.75) is 46.1 Å². The molecule has 0 spiro atoms. The van der Waals surface area contributed by atoms with E-state index in [1.807, 2.05) is 31.2 Å². The minimum absolute atomic E-state index is 0.157. The van der Waals surface area contributed by atoms with Gasteiger partial charge in [-0.2, -0.15) is 0 Å². The van der Waals surface area contributed by atoms with Crippen LogP contribution in [0.1, 0.15) is 39.2 Å². The lowest BCUT2D eigenvalue weighted by Crippen LogP contribution is -2.44. The highest BCUT2D eigenvalue weighted by Crippen LogP contribution is 2.24. The number of nitrogens with one attached hydrogen (secondary N) is 1. The molecule has 1 fully saturated rings. The summed E-state index contributed by atoms with van der Waals surface area (Å²) >= 11 is 0. The van der Waals surface area contributed by atoms with Gasteiger partial charge in [0.05, 0.1) is 6.54 Å². The van der Waals surface area contributed by atoms with E-state index in [1.165, 1.54) is 4.90 Å². The zero-order chi connectivity index (χ0) is 17.0. The molecule has 0 aliphatic carbocycles. The van der Waals surface area contributed by atoms with Crippen molar-refractivity contribution >= 4 is 11.9 Å². The van der Waals surface area contributed by atoms with Crippen LogP contribution in [0.2, 0.25) is 0 Å². The van der Waals surface area contributed by atoms with Crippen LogP contribution in [0, 0.1) is 12.8 Å². The molecule has 0 unspecified atom stereocenters. The summed E-state index contributed by atoms with van der Waals surface area (Å²) < 4.78 is 5.61. The van der Waals surface area contributed by atoms with Gasteiger partial charge in [0.25, 0.3) is 5.91 Å². The fourth-order valence-corrected chi connectivity index (χ4v) is 2.59. The van der Waals surface area contributed by atoms with Crippen molar-refractivity contribution in [3.8, 4) is 5.75 Å². The Morgan fingerprint density at radius 1 is 1.22 bits per heavy atom. The SMILES string of the molecule is Cc1ccc(OCCN2C(=O)N[C@@](C)(CCC(C)C)C2=O)cc1. The van der Waals surface area contributed by atoms with Gasteiger partial charge in [-0.15, -0.1) is 0 Å². The number of benzene rings is 1. The van der Waals surface area contributed by atoms with E-state index in [4.69, 9.17) is 4.74 Å². The second-order valence-corrected chi connectivity index (χ2v) is 6.81. The lowest BCUT2D eigenvalue weighted by Gasteiger charge is -2.22. The van der Waals surface area contributed by atoms with E-state index in [0.717, 1.165) is 17.7 Å². The number of hydrogen-bond donors (Lipinski definition) is 1. The topological polar surface area (TPSA) is 58.6 Å². The molecule has 1 aliphatic heterocycles. The molecule has 5 nitrogen and oxygen atoms in total. The van der Waals surface area contributed by atoms with Gasteiger partial charge in [0, 0.05) is 0 Å².